The second kappa shape index (κ2) is 4.01. The molecule has 2 aromatic rings. The molecule has 82 valence electrons. The Morgan fingerprint density at radius 2 is 2.31 bits per heavy atom. The van der Waals surface area contributed by atoms with Crippen molar-refractivity contribution in [3.63, 3.8) is 0 Å². The number of pyridine rings is 1. The van der Waals surface area contributed by atoms with Gasteiger partial charge in [0.15, 0.2) is 5.82 Å². The van der Waals surface area contributed by atoms with Gasteiger partial charge in [-0.15, -0.1) is 0 Å². The molecule has 0 unspecified atom stereocenters. The highest BCUT2D eigenvalue weighted by molar-refractivity contribution is 6.03. The number of hydrogen-bond donors (Lipinski definition) is 2. The van der Waals surface area contributed by atoms with Crippen molar-refractivity contribution >= 4 is 17.4 Å². The van der Waals surface area contributed by atoms with E-state index in [-0.39, 0.29) is 5.91 Å². The molecule has 2 aromatic heterocycles. The number of anilines is 2. The molecule has 0 aromatic carbocycles. The lowest BCUT2D eigenvalue weighted by atomic mass is 10.3. The van der Waals surface area contributed by atoms with Crippen molar-refractivity contribution in [2.24, 2.45) is 7.05 Å². The van der Waals surface area contributed by atoms with Crippen molar-refractivity contribution in [3.8, 4) is 0 Å². The number of aromatic nitrogens is 3. The summed E-state index contributed by atoms with van der Waals surface area (Å²) in [5.74, 6) is 0.0177. The van der Waals surface area contributed by atoms with Crippen molar-refractivity contribution in [2.75, 3.05) is 11.1 Å². The molecule has 0 aliphatic heterocycles. The van der Waals surface area contributed by atoms with Gasteiger partial charge < -0.3 is 15.6 Å². The SMILES string of the molecule is Cn1cnc(C(=O)Nc2ncccc2N)c1. The highest BCUT2D eigenvalue weighted by Crippen LogP contribution is 2.13. The highest BCUT2D eigenvalue weighted by Gasteiger charge is 2.10. The fourth-order valence-electron chi connectivity index (χ4n) is 1.22. The van der Waals surface area contributed by atoms with Crippen molar-refractivity contribution in [3.05, 3.63) is 36.5 Å². The Hall–Kier alpha value is -2.37. The average molecular weight is 217 g/mol. The van der Waals surface area contributed by atoms with Gasteiger partial charge in [-0.3, -0.25) is 4.79 Å². The third-order valence-corrected chi connectivity index (χ3v) is 2.01. The first kappa shape index (κ1) is 10.2. The zero-order chi connectivity index (χ0) is 11.5. The van der Waals surface area contributed by atoms with Gasteiger partial charge in [0.2, 0.25) is 0 Å². The molecule has 2 heterocycles. The van der Waals surface area contributed by atoms with Crippen LogP contribution in [0.2, 0.25) is 0 Å². The van der Waals surface area contributed by atoms with Crippen LogP contribution in [-0.4, -0.2) is 20.4 Å². The Bertz CT molecular complexity index is 519. The molecule has 0 saturated heterocycles. The van der Waals surface area contributed by atoms with E-state index in [0.29, 0.717) is 17.2 Å². The van der Waals surface area contributed by atoms with E-state index < -0.39 is 0 Å². The average Bonchev–Trinajstić information content (AvgIpc) is 2.68. The summed E-state index contributed by atoms with van der Waals surface area (Å²) in [7, 11) is 1.79. The zero-order valence-corrected chi connectivity index (χ0v) is 8.71. The molecule has 0 fully saturated rings. The minimum Gasteiger partial charge on any atom is -0.396 e. The van der Waals surface area contributed by atoms with Gasteiger partial charge in [0.05, 0.1) is 12.0 Å². The molecule has 0 spiro atoms. The minimum atomic E-state index is -0.328. The predicted molar refractivity (Wildman–Crippen MR) is 59.8 cm³/mol. The van der Waals surface area contributed by atoms with Gasteiger partial charge in [0, 0.05) is 19.4 Å². The van der Waals surface area contributed by atoms with Crippen LogP contribution in [0.3, 0.4) is 0 Å². The smallest absolute Gasteiger partial charge is 0.277 e. The molecule has 1 amide bonds. The molecule has 6 heteroatoms. The molecular formula is C10H11N5O. The Morgan fingerprint density at radius 1 is 1.50 bits per heavy atom. The van der Waals surface area contributed by atoms with E-state index >= 15 is 0 Å². The topological polar surface area (TPSA) is 85.8 Å². The van der Waals surface area contributed by atoms with Gasteiger partial charge in [0.25, 0.3) is 5.91 Å². The maximum absolute atomic E-state index is 11.7. The molecule has 0 saturated carbocycles. The second-order valence-corrected chi connectivity index (χ2v) is 3.32. The Morgan fingerprint density at radius 3 is 2.94 bits per heavy atom. The van der Waals surface area contributed by atoms with Crippen LogP contribution in [0.15, 0.2) is 30.9 Å². The number of rotatable bonds is 2. The van der Waals surface area contributed by atoms with E-state index in [0.717, 1.165) is 0 Å². The van der Waals surface area contributed by atoms with Crippen LogP contribution in [0.4, 0.5) is 11.5 Å². The van der Waals surface area contributed by atoms with Gasteiger partial charge in [-0.05, 0) is 12.1 Å². The summed E-state index contributed by atoms with van der Waals surface area (Å²) in [6.07, 6.45) is 4.73. The van der Waals surface area contributed by atoms with Gasteiger partial charge in [-0.1, -0.05) is 0 Å². The largest absolute Gasteiger partial charge is 0.396 e. The summed E-state index contributed by atoms with van der Waals surface area (Å²) in [4.78, 5) is 19.6. The van der Waals surface area contributed by atoms with Crippen LogP contribution in [0, 0.1) is 0 Å². The van der Waals surface area contributed by atoms with Gasteiger partial charge >= 0.3 is 0 Å². The third kappa shape index (κ3) is 2.00. The molecule has 6 nitrogen and oxygen atoms in total. The first-order chi connectivity index (χ1) is 7.66. The number of aryl methyl sites for hydroxylation is 1. The second-order valence-electron chi connectivity index (χ2n) is 3.32. The number of nitrogen functional groups attached to an aromatic ring is 1. The third-order valence-electron chi connectivity index (χ3n) is 2.01. The molecule has 0 bridgehead atoms. The summed E-state index contributed by atoms with van der Waals surface area (Å²) in [5, 5.41) is 2.59. The number of hydrogen-bond acceptors (Lipinski definition) is 4. The van der Waals surface area contributed by atoms with Crippen LogP contribution >= 0.6 is 0 Å². The molecule has 2 rings (SSSR count). The van der Waals surface area contributed by atoms with E-state index in [9.17, 15) is 4.79 Å². The first-order valence-corrected chi connectivity index (χ1v) is 4.66. The minimum absolute atomic E-state index is 0.326. The van der Waals surface area contributed by atoms with Gasteiger partial charge in [-0.25, -0.2) is 9.97 Å². The number of nitrogens with one attached hydrogen (secondary N) is 1. The van der Waals surface area contributed by atoms with Gasteiger partial charge in [-0.2, -0.15) is 0 Å². The Labute approximate surface area is 92.1 Å². The molecule has 0 aliphatic carbocycles. The molecule has 0 radical (unpaired) electrons. The van der Waals surface area contributed by atoms with Gasteiger partial charge in [0.1, 0.15) is 5.69 Å². The maximum Gasteiger partial charge on any atom is 0.277 e. The maximum atomic E-state index is 11.7. The Kier molecular flexibility index (Phi) is 2.55. The van der Waals surface area contributed by atoms with Crippen molar-refractivity contribution in [1.82, 2.24) is 14.5 Å². The van der Waals surface area contributed by atoms with E-state index in [4.69, 9.17) is 5.73 Å². The summed E-state index contributed by atoms with van der Waals surface area (Å²) >= 11 is 0. The quantitative estimate of drug-likeness (QED) is 0.773. The van der Waals surface area contributed by atoms with Crippen LogP contribution in [0.5, 0.6) is 0 Å². The van der Waals surface area contributed by atoms with Crippen LogP contribution < -0.4 is 11.1 Å². The number of carbonyl (C=O) groups excluding carboxylic acids is 1. The summed E-state index contributed by atoms with van der Waals surface area (Å²) in [6, 6.07) is 3.37. The molecule has 0 aliphatic rings. The standard InChI is InChI=1S/C10H11N5O/c1-15-5-8(13-6-15)10(16)14-9-7(11)3-2-4-12-9/h2-6H,11H2,1H3,(H,12,14,16). The first-order valence-electron chi connectivity index (χ1n) is 4.66. The lowest BCUT2D eigenvalue weighted by molar-refractivity contribution is 0.102. The van der Waals surface area contributed by atoms with E-state index in [1.807, 2.05) is 0 Å². The number of carbonyl (C=O) groups is 1. The van der Waals surface area contributed by atoms with Crippen molar-refractivity contribution in [1.29, 1.82) is 0 Å². The molecule has 16 heavy (non-hydrogen) atoms. The predicted octanol–water partition coefficient (Wildman–Crippen LogP) is 0.650. The van der Waals surface area contributed by atoms with Crippen molar-refractivity contribution < 1.29 is 4.79 Å². The van der Waals surface area contributed by atoms with Crippen LogP contribution in [-0.2, 0) is 7.05 Å². The highest BCUT2D eigenvalue weighted by atomic mass is 16.2. The number of amides is 1. The van der Waals surface area contributed by atoms with E-state index in [1.165, 1.54) is 0 Å². The lowest BCUT2D eigenvalue weighted by Gasteiger charge is -2.04. The zero-order valence-electron chi connectivity index (χ0n) is 8.71. The summed E-state index contributed by atoms with van der Waals surface area (Å²) < 4.78 is 1.69. The number of nitrogens with zero attached hydrogens (tertiary/aromatic N) is 3. The Balaban J connectivity index is 2.17. The van der Waals surface area contributed by atoms with Crippen LogP contribution in [0.25, 0.3) is 0 Å². The summed E-state index contributed by atoms with van der Waals surface area (Å²) in [6.45, 7) is 0. The number of nitrogens with two attached hydrogens (primary N) is 1. The molecular weight excluding hydrogens is 206 g/mol. The lowest BCUT2D eigenvalue weighted by Crippen LogP contribution is -2.14. The van der Waals surface area contributed by atoms with E-state index in [1.54, 1.807) is 42.5 Å². The fourth-order valence-corrected chi connectivity index (χ4v) is 1.22. The fraction of sp³-hybridized carbons (Fsp3) is 0.100. The molecule has 3 N–H and O–H groups in total. The normalized spacial score (nSPS) is 10.1. The van der Waals surface area contributed by atoms with Crippen LogP contribution in [0.1, 0.15) is 10.5 Å². The molecule has 0 atom stereocenters. The monoisotopic (exact) mass is 217 g/mol. The van der Waals surface area contributed by atoms with E-state index in [2.05, 4.69) is 15.3 Å². The number of imidazole rings is 1. The summed E-state index contributed by atoms with van der Waals surface area (Å²) in [5.41, 5.74) is 6.40. The van der Waals surface area contributed by atoms with Crippen molar-refractivity contribution in [2.45, 2.75) is 0 Å².